The zero-order chi connectivity index (χ0) is 18.7. The Labute approximate surface area is 154 Å². The lowest BCUT2D eigenvalue weighted by Crippen LogP contribution is -2.42. The van der Waals surface area contributed by atoms with Gasteiger partial charge in [-0.3, -0.25) is 9.69 Å². The van der Waals surface area contributed by atoms with Gasteiger partial charge in [-0.25, -0.2) is 4.98 Å². The van der Waals surface area contributed by atoms with Gasteiger partial charge >= 0.3 is 6.18 Å². The highest BCUT2D eigenvalue weighted by Crippen LogP contribution is 2.34. The first kappa shape index (κ1) is 18.5. The van der Waals surface area contributed by atoms with Crippen molar-refractivity contribution >= 4 is 29.4 Å². The number of benzene rings is 1. The fraction of sp³-hybridized carbons (Fsp3) is 0.263. The molecule has 0 N–H and O–H groups in total. The Balaban J connectivity index is 1.76. The molecule has 26 heavy (non-hydrogen) atoms. The summed E-state index contributed by atoms with van der Waals surface area (Å²) >= 11 is 5.78. The van der Waals surface area contributed by atoms with E-state index in [2.05, 4.69) is 4.98 Å². The van der Waals surface area contributed by atoms with Crippen molar-refractivity contribution in [1.82, 2.24) is 4.98 Å². The van der Waals surface area contributed by atoms with Gasteiger partial charge in [0.15, 0.2) is 0 Å². The van der Waals surface area contributed by atoms with Gasteiger partial charge in [-0.05, 0) is 42.2 Å². The maximum Gasteiger partial charge on any atom is 0.400 e. The van der Waals surface area contributed by atoms with Crippen LogP contribution in [0, 0.1) is 5.92 Å². The first-order valence-electron chi connectivity index (χ1n) is 8.10. The number of hydrogen-bond acceptors (Lipinski definition) is 2. The van der Waals surface area contributed by atoms with Gasteiger partial charge in [0, 0.05) is 17.8 Å². The number of fused-ring (bicyclic) bond motifs is 1. The number of aromatic nitrogens is 1. The summed E-state index contributed by atoms with van der Waals surface area (Å²) in [4.78, 5) is 17.8. The van der Waals surface area contributed by atoms with Crippen LogP contribution in [0.25, 0.3) is 6.08 Å². The number of halogens is 4. The second-order valence-corrected chi connectivity index (χ2v) is 6.45. The number of allylic oxidation sites excluding steroid dienone is 1. The van der Waals surface area contributed by atoms with E-state index in [4.69, 9.17) is 11.6 Å². The monoisotopic (exact) mass is 380 g/mol. The number of anilines is 1. The fourth-order valence-corrected chi connectivity index (χ4v) is 3.02. The lowest BCUT2D eigenvalue weighted by molar-refractivity contribution is -0.180. The van der Waals surface area contributed by atoms with Crippen LogP contribution in [0.1, 0.15) is 17.5 Å². The number of rotatable bonds is 4. The van der Waals surface area contributed by atoms with E-state index in [0.29, 0.717) is 17.3 Å². The van der Waals surface area contributed by atoms with Crippen LogP contribution in [-0.2, 0) is 11.2 Å². The van der Waals surface area contributed by atoms with Crippen LogP contribution in [0.2, 0.25) is 5.02 Å². The quantitative estimate of drug-likeness (QED) is 0.755. The molecule has 3 rings (SSSR count). The number of hydrogen-bond donors (Lipinski definition) is 0. The molecule has 2 heterocycles. The van der Waals surface area contributed by atoms with Crippen LogP contribution in [0.5, 0.6) is 0 Å². The van der Waals surface area contributed by atoms with Gasteiger partial charge in [0.25, 0.3) is 0 Å². The maximum absolute atomic E-state index is 13.5. The van der Waals surface area contributed by atoms with Gasteiger partial charge in [-0.15, -0.1) is 0 Å². The third-order valence-electron chi connectivity index (χ3n) is 4.24. The van der Waals surface area contributed by atoms with Crippen molar-refractivity contribution in [2.24, 2.45) is 5.92 Å². The van der Waals surface area contributed by atoms with Crippen molar-refractivity contribution < 1.29 is 18.0 Å². The van der Waals surface area contributed by atoms with E-state index in [1.54, 1.807) is 42.5 Å². The van der Waals surface area contributed by atoms with Gasteiger partial charge in [-0.1, -0.05) is 42.0 Å². The minimum absolute atomic E-state index is 0.221. The van der Waals surface area contributed by atoms with Crippen molar-refractivity contribution in [2.75, 3.05) is 11.4 Å². The summed E-state index contributed by atoms with van der Waals surface area (Å²) in [6.07, 6.45) is -0.136. The summed E-state index contributed by atoms with van der Waals surface area (Å²) in [5, 5.41) is 0.547. The predicted octanol–water partition coefficient (Wildman–Crippen LogP) is 4.91. The molecule has 7 heteroatoms. The summed E-state index contributed by atoms with van der Waals surface area (Å²) in [7, 11) is 0. The molecule has 1 aromatic carbocycles. The summed E-state index contributed by atoms with van der Waals surface area (Å²) in [6, 6.07) is 10.2. The molecule has 0 unspecified atom stereocenters. The smallest absolute Gasteiger partial charge is 0.296 e. The molecule has 1 atom stereocenters. The number of pyridine rings is 1. The molecule has 0 aliphatic carbocycles. The maximum atomic E-state index is 13.5. The van der Waals surface area contributed by atoms with Gasteiger partial charge in [0.2, 0.25) is 5.91 Å². The van der Waals surface area contributed by atoms with E-state index in [9.17, 15) is 18.0 Å². The van der Waals surface area contributed by atoms with Crippen LogP contribution >= 0.6 is 11.6 Å². The van der Waals surface area contributed by atoms with E-state index in [-0.39, 0.29) is 6.54 Å². The Morgan fingerprint density at radius 1 is 1.27 bits per heavy atom. The SMILES string of the molecule is O=C([C@@H](C/C=C/c1ccc(Cl)cc1)C(F)(F)F)N1CCc2cccnc21. The Hall–Kier alpha value is -2.34. The first-order valence-corrected chi connectivity index (χ1v) is 8.48. The van der Waals surface area contributed by atoms with Crippen LogP contribution in [-0.4, -0.2) is 23.6 Å². The molecule has 0 bridgehead atoms. The van der Waals surface area contributed by atoms with E-state index in [0.717, 1.165) is 16.0 Å². The van der Waals surface area contributed by atoms with Crippen molar-refractivity contribution in [3.63, 3.8) is 0 Å². The number of amides is 1. The van der Waals surface area contributed by atoms with Crippen molar-refractivity contribution in [3.8, 4) is 0 Å². The molecule has 2 aromatic rings. The van der Waals surface area contributed by atoms with Gasteiger partial charge in [-0.2, -0.15) is 13.2 Å². The lowest BCUT2D eigenvalue weighted by atomic mass is 10.0. The second-order valence-electron chi connectivity index (χ2n) is 6.01. The summed E-state index contributed by atoms with van der Waals surface area (Å²) in [5.74, 6) is -2.73. The molecule has 0 radical (unpaired) electrons. The third kappa shape index (κ3) is 4.07. The molecule has 136 valence electrons. The number of carbonyl (C=O) groups is 1. The van der Waals surface area contributed by atoms with E-state index in [1.165, 1.54) is 12.3 Å². The molecule has 3 nitrogen and oxygen atoms in total. The van der Waals surface area contributed by atoms with Crippen molar-refractivity contribution in [2.45, 2.75) is 19.0 Å². The van der Waals surface area contributed by atoms with Gasteiger partial charge < -0.3 is 0 Å². The van der Waals surface area contributed by atoms with Crippen molar-refractivity contribution in [3.05, 3.63) is 64.8 Å². The highest BCUT2D eigenvalue weighted by Gasteiger charge is 2.47. The highest BCUT2D eigenvalue weighted by molar-refractivity contribution is 6.30. The van der Waals surface area contributed by atoms with Crippen LogP contribution < -0.4 is 4.90 Å². The van der Waals surface area contributed by atoms with Crippen LogP contribution in [0.3, 0.4) is 0 Å². The molecular formula is C19H16ClF3N2O. The van der Waals surface area contributed by atoms with E-state index in [1.807, 2.05) is 0 Å². The van der Waals surface area contributed by atoms with Gasteiger partial charge in [0.1, 0.15) is 11.7 Å². The van der Waals surface area contributed by atoms with E-state index < -0.39 is 24.4 Å². The lowest BCUT2D eigenvalue weighted by Gasteiger charge is -2.24. The molecule has 0 saturated carbocycles. The standard InChI is InChI=1S/C19H16ClF3N2O/c20-15-8-6-13(7-9-15)3-1-5-16(19(21,22)23)18(26)25-12-10-14-4-2-11-24-17(14)25/h1-4,6-9,11,16H,5,10,12H2/b3-1+/t16-/m1/s1. The first-order chi connectivity index (χ1) is 12.4. The average molecular weight is 381 g/mol. The summed E-state index contributed by atoms with van der Waals surface area (Å²) in [6.45, 7) is 0.221. The molecule has 0 spiro atoms. The molecule has 1 aliphatic rings. The normalized spacial score (nSPS) is 15.3. The number of carbonyl (C=O) groups excluding carboxylic acids is 1. The number of nitrogens with zero attached hydrogens (tertiary/aromatic N) is 2. The summed E-state index contributed by atoms with van der Waals surface area (Å²) in [5.41, 5.74) is 1.51. The highest BCUT2D eigenvalue weighted by atomic mass is 35.5. The molecular weight excluding hydrogens is 365 g/mol. The van der Waals surface area contributed by atoms with Crippen LogP contribution in [0.15, 0.2) is 48.7 Å². The van der Waals surface area contributed by atoms with Crippen molar-refractivity contribution in [1.29, 1.82) is 0 Å². The topological polar surface area (TPSA) is 33.2 Å². The molecule has 1 amide bonds. The van der Waals surface area contributed by atoms with E-state index >= 15 is 0 Å². The Kier molecular flexibility index (Phi) is 5.32. The summed E-state index contributed by atoms with van der Waals surface area (Å²) < 4.78 is 40.4. The van der Waals surface area contributed by atoms with Crippen LogP contribution in [0.4, 0.5) is 19.0 Å². The van der Waals surface area contributed by atoms with Gasteiger partial charge in [0.05, 0.1) is 0 Å². The Morgan fingerprint density at radius 2 is 2.00 bits per heavy atom. The fourth-order valence-electron chi connectivity index (χ4n) is 2.90. The number of alkyl halides is 3. The zero-order valence-corrected chi connectivity index (χ0v) is 14.5. The largest absolute Gasteiger partial charge is 0.400 e. The Bertz CT molecular complexity index is 818. The minimum atomic E-state index is -4.63. The second kappa shape index (κ2) is 7.50. The average Bonchev–Trinajstić information content (AvgIpc) is 3.03. The molecule has 0 saturated heterocycles. The third-order valence-corrected chi connectivity index (χ3v) is 4.49. The molecule has 0 fully saturated rings. The predicted molar refractivity (Wildman–Crippen MR) is 94.9 cm³/mol. The molecule has 1 aliphatic heterocycles. The Morgan fingerprint density at radius 3 is 2.69 bits per heavy atom. The minimum Gasteiger partial charge on any atom is -0.296 e. The zero-order valence-electron chi connectivity index (χ0n) is 13.7. The molecule has 1 aromatic heterocycles.